The average Bonchev–Trinajstić information content (AvgIpc) is 3.29. The first kappa shape index (κ1) is 23.3. The zero-order chi connectivity index (χ0) is 24.4. The van der Waals surface area contributed by atoms with Gasteiger partial charge < -0.3 is 9.72 Å². The molecule has 0 saturated carbocycles. The number of imidazole rings is 1. The Hall–Kier alpha value is -3.49. The van der Waals surface area contributed by atoms with Crippen molar-refractivity contribution >= 4 is 27.1 Å². The quantitative estimate of drug-likeness (QED) is 0.427. The van der Waals surface area contributed by atoms with Crippen LogP contribution in [0.25, 0.3) is 16.9 Å². The van der Waals surface area contributed by atoms with Crippen LogP contribution in [0.15, 0.2) is 78.0 Å². The topological polar surface area (TPSA) is 83.8 Å². The molecule has 1 aliphatic heterocycles. The number of sulfone groups is 1. The lowest BCUT2D eigenvalue weighted by atomic mass is 10.0. The van der Waals surface area contributed by atoms with Gasteiger partial charge in [-0.15, -0.1) is 0 Å². The van der Waals surface area contributed by atoms with Gasteiger partial charge in [0, 0.05) is 42.0 Å². The molecule has 35 heavy (non-hydrogen) atoms. The molecule has 4 aromatic rings. The van der Waals surface area contributed by atoms with Crippen molar-refractivity contribution in [1.82, 2.24) is 14.3 Å². The SMILES string of the molecule is CS(=O)(=O)c1ccc(C(=O)Nc2ccc(-c3cn4ccccc4n3)cc2)c(CN2CCCCC2)c1. The highest BCUT2D eigenvalue weighted by atomic mass is 32.2. The van der Waals surface area contributed by atoms with Crippen LogP contribution in [0.3, 0.4) is 0 Å². The highest BCUT2D eigenvalue weighted by molar-refractivity contribution is 7.90. The van der Waals surface area contributed by atoms with Crippen LogP contribution in [0.4, 0.5) is 5.69 Å². The van der Waals surface area contributed by atoms with Crippen LogP contribution in [0.5, 0.6) is 0 Å². The Kier molecular flexibility index (Phi) is 6.40. The Labute approximate surface area is 205 Å². The highest BCUT2D eigenvalue weighted by Crippen LogP contribution is 2.24. The lowest BCUT2D eigenvalue weighted by Crippen LogP contribution is -2.30. The largest absolute Gasteiger partial charge is 0.322 e. The first-order valence-corrected chi connectivity index (χ1v) is 13.7. The molecule has 0 bridgehead atoms. The molecule has 7 nitrogen and oxygen atoms in total. The predicted molar refractivity (Wildman–Crippen MR) is 137 cm³/mol. The fourth-order valence-electron chi connectivity index (χ4n) is 4.51. The first-order chi connectivity index (χ1) is 16.9. The summed E-state index contributed by atoms with van der Waals surface area (Å²) in [6, 6.07) is 18.2. The number of hydrogen-bond acceptors (Lipinski definition) is 5. The van der Waals surface area contributed by atoms with Gasteiger partial charge in [0.2, 0.25) is 0 Å². The molecule has 2 aromatic heterocycles. The minimum absolute atomic E-state index is 0.234. The zero-order valence-electron chi connectivity index (χ0n) is 19.6. The van der Waals surface area contributed by atoms with Crippen LogP contribution in [-0.4, -0.2) is 48.0 Å². The van der Waals surface area contributed by atoms with E-state index in [4.69, 9.17) is 0 Å². The fourth-order valence-corrected chi connectivity index (χ4v) is 5.18. The van der Waals surface area contributed by atoms with Crippen molar-refractivity contribution < 1.29 is 13.2 Å². The van der Waals surface area contributed by atoms with Gasteiger partial charge in [-0.3, -0.25) is 9.69 Å². The maximum atomic E-state index is 13.2. The number of nitrogens with one attached hydrogen (secondary N) is 1. The number of rotatable bonds is 6. The van der Waals surface area contributed by atoms with Gasteiger partial charge in [0.15, 0.2) is 9.84 Å². The molecule has 0 aliphatic carbocycles. The van der Waals surface area contributed by atoms with Crippen LogP contribution in [0, 0.1) is 0 Å². The molecule has 0 atom stereocenters. The highest BCUT2D eigenvalue weighted by Gasteiger charge is 2.19. The molecule has 0 unspecified atom stereocenters. The van der Waals surface area contributed by atoms with Crippen LogP contribution < -0.4 is 5.32 Å². The maximum Gasteiger partial charge on any atom is 0.255 e. The normalized spacial score (nSPS) is 14.8. The number of hydrogen-bond donors (Lipinski definition) is 1. The fraction of sp³-hybridized carbons (Fsp3) is 0.259. The van der Waals surface area contributed by atoms with E-state index < -0.39 is 9.84 Å². The summed E-state index contributed by atoms with van der Waals surface area (Å²) >= 11 is 0. The number of likely N-dealkylation sites (tertiary alicyclic amines) is 1. The number of amides is 1. The summed E-state index contributed by atoms with van der Waals surface area (Å²) in [6.45, 7) is 2.46. The van der Waals surface area contributed by atoms with E-state index in [0.717, 1.165) is 48.4 Å². The van der Waals surface area contributed by atoms with Crippen molar-refractivity contribution in [2.75, 3.05) is 24.7 Å². The number of pyridine rings is 1. The molecule has 180 valence electrons. The summed E-state index contributed by atoms with van der Waals surface area (Å²) in [4.78, 5) is 20.4. The number of fused-ring (bicyclic) bond motifs is 1. The average molecular weight is 489 g/mol. The van der Waals surface area contributed by atoms with E-state index in [1.807, 2.05) is 59.3 Å². The second-order valence-corrected chi connectivity index (χ2v) is 11.1. The van der Waals surface area contributed by atoms with Gasteiger partial charge in [0.1, 0.15) is 5.65 Å². The second kappa shape index (κ2) is 9.64. The van der Waals surface area contributed by atoms with Crippen LogP contribution in [0.2, 0.25) is 0 Å². The smallest absolute Gasteiger partial charge is 0.255 e. The monoisotopic (exact) mass is 488 g/mol. The maximum absolute atomic E-state index is 13.2. The molecule has 3 heterocycles. The van der Waals surface area contributed by atoms with Crippen molar-refractivity contribution in [3.63, 3.8) is 0 Å². The Morgan fingerprint density at radius 3 is 2.49 bits per heavy atom. The number of carbonyl (C=O) groups is 1. The van der Waals surface area contributed by atoms with E-state index in [9.17, 15) is 13.2 Å². The Morgan fingerprint density at radius 2 is 1.77 bits per heavy atom. The van der Waals surface area contributed by atoms with Crippen LogP contribution >= 0.6 is 0 Å². The number of piperidine rings is 1. The summed E-state index contributed by atoms with van der Waals surface area (Å²) in [5.74, 6) is -0.252. The summed E-state index contributed by atoms with van der Waals surface area (Å²) < 4.78 is 26.2. The molecular weight excluding hydrogens is 460 g/mol. The molecule has 5 rings (SSSR count). The molecule has 1 N–H and O–H groups in total. The van der Waals surface area contributed by atoms with Crippen molar-refractivity contribution in [1.29, 1.82) is 0 Å². The molecular formula is C27H28N4O3S. The number of nitrogens with zero attached hydrogens (tertiary/aromatic N) is 3. The lowest BCUT2D eigenvalue weighted by molar-refractivity contribution is 0.102. The van der Waals surface area contributed by atoms with Crippen molar-refractivity contribution in [3.05, 3.63) is 84.2 Å². The van der Waals surface area contributed by atoms with E-state index in [1.165, 1.54) is 18.7 Å². The zero-order valence-corrected chi connectivity index (χ0v) is 20.5. The minimum atomic E-state index is -3.37. The number of carbonyl (C=O) groups excluding carboxylic acids is 1. The summed E-state index contributed by atoms with van der Waals surface area (Å²) in [5.41, 5.74) is 4.57. The van der Waals surface area contributed by atoms with Gasteiger partial charge in [-0.05, 0) is 74.0 Å². The molecule has 1 saturated heterocycles. The van der Waals surface area contributed by atoms with Gasteiger partial charge in [-0.25, -0.2) is 13.4 Å². The van der Waals surface area contributed by atoms with E-state index in [1.54, 1.807) is 12.1 Å². The minimum Gasteiger partial charge on any atom is -0.322 e. The Bertz CT molecular complexity index is 1440. The van der Waals surface area contributed by atoms with Gasteiger partial charge >= 0.3 is 0 Å². The summed E-state index contributed by atoms with van der Waals surface area (Å²) in [5, 5.41) is 2.97. The third-order valence-corrected chi connectivity index (χ3v) is 7.50. The third kappa shape index (κ3) is 5.28. The number of anilines is 1. The molecule has 8 heteroatoms. The van der Waals surface area contributed by atoms with Crippen molar-refractivity contribution in [2.45, 2.75) is 30.7 Å². The molecule has 0 radical (unpaired) electrons. The summed E-state index contributed by atoms with van der Waals surface area (Å²) in [7, 11) is -3.37. The van der Waals surface area contributed by atoms with E-state index >= 15 is 0 Å². The molecule has 1 amide bonds. The summed E-state index contributed by atoms with van der Waals surface area (Å²) in [6.07, 6.45) is 8.56. The Morgan fingerprint density at radius 1 is 1.00 bits per heavy atom. The van der Waals surface area contributed by atoms with Gasteiger partial charge in [-0.1, -0.05) is 24.6 Å². The molecule has 2 aromatic carbocycles. The standard InChI is InChI=1S/C27H28N4O3S/c1-35(33,34)23-12-13-24(21(17-23)18-30-14-4-2-5-15-30)27(32)28-22-10-8-20(9-11-22)25-19-31-16-6-3-7-26(31)29-25/h3,6-13,16-17,19H,2,4-5,14-15,18H2,1H3,(H,28,32). The van der Waals surface area contributed by atoms with Gasteiger partial charge in [0.05, 0.1) is 10.6 Å². The van der Waals surface area contributed by atoms with Crippen molar-refractivity contribution in [3.8, 4) is 11.3 Å². The number of benzene rings is 2. The van der Waals surface area contributed by atoms with Crippen molar-refractivity contribution in [2.24, 2.45) is 0 Å². The van der Waals surface area contributed by atoms with E-state index in [-0.39, 0.29) is 10.8 Å². The predicted octanol–water partition coefficient (Wildman–Crippen LogP) is 4.64. The van der Waals surface area contributed by atoms with Gasteiger partial charge in [0.25, 0.3) is 5.91 Å². The lowest BCUT2D eigenvalue weighted by Gasteiger charge is -2.27. The second-order valence-electron chi connectivity index (χ2n) is 9.05. The van der Waals surface area contributed by atoms with Gasteiger partial charge in [-0.2, -0.15) is 0 Å². The van der Waals surface area contributed by atoms with E-state index in [2.05, 4.69) is 15.2 Å². The molecule has 0 spiro atoms. The van der Waals surface area contributed by atoms with Crippen LogP contribution in [-0.2, 0) is 16.4 Å². The van der Waals surface area contributed by atoms with E-state index in [0.29, 0.717) is 17.8 Å². The number of aromatic nitrogens is 2. The third-order valence-electron chi connectivity index (χ3n) is 6.39. The molecule has 1 fully saturated rings. The van der Waals surface area contributed by atoms with Crippen LogP contribution in [0.1, 0.15) is 35.2 Å². The Balaban J connectivity index is 1.37. The molecule has 1 aliphatic rings. The first-order valence-electron chi connectivity index (χ1n) is 11.8.